The lowest BCUT2D eigenvalue weighted by molar-refractivity contribution is -0.120. The highest BCUT2D eigenvalue weighted by Crippen LogP contribution is 2.38. The number of aromatic amines is 1. The number of aromatic nitrogens is 3. The molecule has 168 valence electrons. The molecule has 0 atom stereocenters. The average molecular weight is 441 g/mol. The third-order valence-corrected chi connectivity index (χ3v) is 4.38. The van der Waals surface area contributed by atoms with Gasteiger partial charge in [0, 0.05) is 11.1 Å². The summed E-state index contributed by atoms with van der Waals surface area (Å²) in [6, 6.07) is 10.2. The van der Waals surface area contributed by atoms with E-state index in [2.05, 4.69) is 20.5 Å². The summed E-state index contributed by atoms with van der Waals surface area (Å²) in [5, 5.41) is 9.72. The molecule has 0 fully saturated rings. The van der Waals surface area contributed by atoms with Crippen LogP contribution in [0.1, 0.15) is 16.2 Å². The number of primary amides is 1. The first-order valence-corrected chi connectivity index (χ1v) is 9.46. The van der Waals surface area contributed by atoms with E-state index in [0.29, 0.717) is 11.6 Å². The molecule has 0 bridgehead atoms. The molecule has 3 rings (SSSR count). The summed E-state index contributed by atoms with van der Waals surface area (Å²) >= 11 is 0. The van der Waals surface area contributed by atoms with E-state index in [0.717, 1.165) is 11.3 Å². The predicted molar refractivity (Wildman–Crippen MR) is 114 cm³/mol. The molecule has 0 spiro atoms. The lowest BCUT2D eigenvalue weighted by atomic mass is 10.1. The van der Waals surface area contributed by atoms with Gasteiger partial charge >= 0.3 is 0 Å². The number of H-pyrrole nitrogens is 1. The molecule has 1 aromatic heterocycles. The van der Waals surface area contributed by atoms with Crippen molar-refractivity contribution >= 4 is 11.8 Å². The molecule has 0 unspecified atom stereocenters. The summed E-state index contributed by atoms with van der Waals surface area (Å²) < 4.78 is 21.0. The maximum atomic E-state index is 12.7. The van der Waals surface area contributed by atoms with Crippen molar-refractivity contribution in [2.45, 2.75) is 6.54 Å². The van der Waals surface area contributed by atoms with Crippen LogP contribution in [0.4, 0.5) is 0 Å². The Morgan fingerprint density at radius 2 is 1.69 bits per heavy atom. The van der Waals surface area contributed by atoms with Crippen LogP contribution >= 0.6 is 0 Å². The van der Waals surface area contributed by atoms with E-state index in [1.807, 2.05) is 24.3 Å². The maximum absolute atomic E-state index is 12.7. The van der Waals surface area contributed by atoms with Crippen LogP contribution in [-0.2, 0) is 11.3 Å². The van der Waals surface area contributed by atoms with Gasteiger partial charge in [0.1, 0.15) is 11.6 Å². The number of hydrogen-bond acceptors (Lipinski definition) is 8. The molecule has 0 aliphatic carbocycles. The molecule has 32 heavy (non-hydrogen) atoms. The number of nitrogens with two attached hydrogens (primary N) is 1. The molecule has 4 N–H and O–H groups in total. The lowest BCUT2D eigenvalue weighted by Gasteiger charge is -2.15. The monoisotopic (exact) mass is 441 g/mol. The Kier molecular flexibility index (Phi) is 7.11. The molecule has 11 heteroatoms. The van der Waals surface area contributed by atoms with Gasteiger partial charge < -0.3 is 30.0 Å². The Bertz CT molecular complexity index is 1070. The summed E-state index contributed by atoms with van der Waals surface area (Å²) in [4.78, 5) is 28.1. The number of carbonyl (C=O) groups is 2. The van der Waals surface area contributed by atoms with Crippen LogP contribution in [0.3, 0.4) is 0 Å². The van der Waals surface area contributed by atoms with E-state index < -0.39 is 11.8 Å². The highest BCUT2D eigenvalue weighted by Gasteiger charge is 2.18. The van der Waals surface area contributed by atoms with Crippen molar-refractivity contribution in [1.82, 2.24) is 20.5 Å². The Morgan fingerprint density at radius 3 is 2.25 bits per heavy atom. The quantitative estimate of drug-likeness (QED) is 0.426. The van der Waals surface area contributed by atoms with Gasteiger partial charge in [-0.1, -0.05) is 0 Å². The van der Waals surface area contributed by atoms with Crippen molar-refractivity contribution < 1.29 is 28.5 Å². The van der Waals surface area contributed by atoms with E-state index in [9.17, 15) is 9.59 Å². The first-order chi connectivity index (χ1) is 15.4. The molecule has 2 aromatic carbocycles. The zero-order valence-electron chi connectivity index (χ0n) is 17.8. The normalized spacial score (nSPS) is 10.3. The Labute approximate surface area is 183 Å². The molecule has 0 aliphatic heterocycles. The number of methoxy groups -OCH3 is 3. The van der Waals surface area contributed by atoms with Gasteiger partial charge in [0.15, 0.2) is 23.9 Å². The largest absolute Gasteiger partial charge is 0.497 e. The van der Waals surface area contributed by atoms with Crippen molar-refractivity contribution in [1.29, 1.82) is 0 Å². The number of nitrogens with one attached hydrogen (secondary N) is 2. The van der Waals surface area contributed by atoms with Crippen LogP contribution in [0, 0.1) is 0 Å². The number of carbonyl (C=O) groups excluding carboxylic acids is 2. The van der Waals surface area contributed by atoms with Gasteiger partial charge in [-0.05, 0) is 36.4 Å². The van der Waals surface area contributed by atoms with E-state index in [-0.39, 0.29) is 36.0 Å². The van der Waals surface area contributed by atoms with Crippen molar-refractivity contribution in [3.63, 3.8) is 0 Å². The van der Waals surface area contributed by atoms with Gasteiger partial charge in [-0.3, -0.25) is 14.7 Å². The minimum absolute atomic E-state index is 0.118. The van der Waals surface area contributed by atoms with E-state index in [1.165, 1.54) is 26.4 Å². The molecule has 0 radical (unpaired) electrons. The number of ether oxygens (including phenoxy) is 4. The number of nitrogens with zero attached hydrogens (tertiary/aromatic N) is 2. The van der Waals surface area contributed by atoms with Gasteiger partial charge in [0.05, 0.1) is 27.9 Å². The lowest BCUT2D eigenvalue weighted by Crippen LogP contribution is -2.24. The number of benzene rings is 2. The van der Waals surface area contributed by atoms with Gasteiger partial charge in [-0.15, -0.1) is 0 Å². The first-order valence-electron chi connectivity index (χ1n) is 9.46. The van der Waals surface area contributed by atoms with Crippen LogP contribution < -0.4 is 30.0 Å². The van der Waals surface area contributed by atoms with Gasteiger partial charge in [-0.25, -0.2) is 4.98 Å². The molecule has 3 aromatic rings. The second kappa shape index (κ2) is 10.2. The topological polar surface area (TPSA) is 151 Å². The highest BCUT2D eigenvalue weighted by atomic mass is 16.5. The fraction of sp³-hybridized carbons (Fsp3) is 0.238. The second-order valence-corrected chi connectivity index (χ2v) is 6.48. The highest BCUT2D eigenvalue weighted by molar-refractivity contribution is 5.95. The summed E-state index contributed by atoms with van der Waals surface area (Å²) in [5.41, 5.74) is 6.19. The maximum Gasteiger partial charge on any atom is 0.255 e. The molecule has 0 aliphatic rings. The van der Waals surface area contributed by atoms with Gasteiger partial charge in [0.25, 0.3) is 11.8 Å². The summed E-state index contributed by atoms with van der Waals surface area (Å²) in [6.07, 6.45) is 0. The Balaban J connectivity index is 1.70. The third-order valence-electron chi connectivity index (χ3n) is 4.38. The molecule has 11 nitrogen and oxygen atoms in total. The van der Waals surface area contributed by atoms with Gasteiger partial charge in [0.2, 0.25) is 5.75 Å². The predicted octanol–water partition coefficient (Wildman–Crippen LogP) is 1.29. The number of rotatable bonds is 10. The fourth-order valence-electron chi connectivity index (χ4n) is 2.81. The van der Waals surface area contributed by atoms with Crippen LogP contribution in [0.2, 0.25) is 0 Å². The fourth-order valence-corrected chi connectivity index (χ4v) is 2.81. The number of hydrogen-bond donors (Lipinski definition) is 3. The third kappa shape index (κ3) is 5.25. The zero-order valence-corrected chi connectivity index (χ0v) is 17.8. The van der Waals surface area contributed by atoms with Crippen molar-refractivity contribution in [3.05, 3.63) is 47.8 Å². The first kappa shape index (κ1) is 22.4. The van der Waals surface area contributed by atoms with E-state index >= 15 is 0 Å². The Morgan fingerprint density at radius 1 is 1.03 bits per heavy atom. The van der Waals surface area contributed by atoms with Gasteiger partial charge in [-0.2, -0.15) is 5.10 Å². The smallest absolute Gasteiger partial charge is 0.255 e. The zero-order chi connectivity index (χ0) is 23.1. The molecule has 0 saturated heterocycles. The second-order valence-electron chi connectivity index (χ2n) is 6.48. The summed E-state index contributed by atoms with van der Waals surface area (Å²) in [7, 11) is 4.40. The minimum Gasteiger partial charge on any atom is -0.497 e. The molecular formula is C21H23N5O6. The van der Waals surface area contributed by atoms with E-state index in [4.69, 9.17) is 24.7 Å². The summed E-state index contributed by atoms with van der Waals surface area (Å²) in [6.45, 7) is -0.243. The molecule has 1 heterocycles. The van der Waals surface area contributed by atoms with Crippen LogP contribution in [0.5, 0.6) is 23.0 Å². The standard InChI is InChI=1S/C21H23N5O6/c1-29-14-6-4-12(5-7-14)20-24-18(25-26-20)10-23-21(28)13-8-15(30-2)19(16(9-13)31-3)32-11-17(22)27/h4-9H,10-11H2,1-3H3,(H2,22,27)(H,23,28)(H,24,25,26). The Hall–Kier alpha value is -4.28. The molecule has 2 amide bonds. The van der Waals surface area contributed by atoms with Crippen molar-refractivity contribution in [2.24, 2.45) is 5.73 Å². The van der Waals surface area contributed by atoms with Crippen LogP contribution in [0.25, 0.3) is 11.4 Å². The van der Waals surface area contributed by atoms with E-state index in [1.54, 1.807) is 7.11 Å². The average Bonchev–Trinajstić information content (AvgIpc) is 3.29. The molecular weight excluding hydrogens is 418 g/mol. The number of amides is 2. The summed E-state index contributed by atoms with van der Waals surface area (Å²) in [5.74, 6) is 1.26. The van der Waals surface area contributed by atoms with Crippen LogP contribution in [0.15, 0.2) is 36.4 Å². The molecule has 0 saturated carbocycles. The van der Waals surface area contributed by atoms with Crippen molar-refractivity contribution in [3.8, 4) is 34.4 Å². The minimum atomic E-state index is -0.656. The van der Waals surface area contributed by atoms with Crippen LogP contribution in [-0.4, -0.2) is 54.9 Å². The SMILES string of the molecule is COc1ccc(-c2n[nH]c(CNC(=O)c3cc(OC)c(OCC(N)=O)c(OC)c3)n2)cc1. The van der Waals surface area contributed by atoms with Crippen molar-refractivity contribution in [2.75, 3.05) is 27.9 Å².